The number of hydrogen-bond acceptors (Lipinski definition) is 5. The van der Waals surface area contributed by atoms with Crippen LogP contribution in [0.25, 0.3) is 22.9 Å². The van der Waals surface area contributed by atoms with Crippen LogP contribution in [0, 0.1) is 5.82 Å². The highest BCUT2D eigenvalue weighted by Crippen LogP contribution is 2.18. The summed E-state index contributed by atoms with van der Waals surface area (Å²) in [5.41, 5.74) is 1.08. The van der Waals surface area contributed by atoms with Gasteiger partial charge in [-0.3, -0.25) is 9.51 Å². The molecule has 2 aromatic heterocycles. The molecule has 0 aliphatic carbocycles. The maximum absolute atomic E-state index is 12.8. The van der Waals surface area contributed by atoms with Gasteiger partial charge in [0.15, 0.2) is 5.82 Å². The van der Waals surface area contributed by atoms with Crippen molar-refractivity contribution in [3.8, 4) is 22.9 Å². The van der Waals surface area contributed by atoms with E-state index in [0.29, 0.717) is 17.1 Å². The largest absolute Gasteiger partial charge is 0.439 e. The van der Waals surface area contributed by atoms with E-state index in [1.54, 1.807) is 18.2 Å². The van der Waals surface area contributed by atoms with Gasteiger partial charge in [-0.25, -0.2) is 19.2 Å². The second-order valence-corrected chi connectivity index (χ2v) is 3.72. The summed E-state index contributed by atoms with van der Waals surface area (Å²) in [7, 11) is 0. The number of nitrogens with zero attached hydrogens (tertiary/aromatic N) is 3. The van der Waals surface area contributed by atoms with E-state index in [0.717, 1.165) is 0 Å². The van der Waals surface area contributed by atoms with Crippen molar-refractivity contribution in [3.05, 3.63) is 52.9 Å². The number of halogens is 1. The fourth-order valence-electron chi connectivity index (χ4n) is 1.57. The minimum Gasteiger partial charge on any atom is -0.296 e. The zero-order chi connectivity index (χ0) is 13.2. The lowest BCUT2D eigenvalue weighted by Crippen LogP contribution is -1.97. The van der Waals surface area contributed by atoms with E-state index in [1.807, 2.05) is 0 Å². The van der Waals surface area contributed by atoms with Crippen LogP contribution >= 0.6 is 0 Å². The van der Waals surface area contributed by atoms with Crippen LogP contribution in [0.3, 0.4) is 0 Å². The Morgan fingerprint density at radius 1 is 1.16 bits per heavy atom. The molecule has 0 spiro atoms. The van der Waals surface area contributed by atoms with Gasteiger partial charge >= 0.3 is 5.76 Å². The van der Waals surface area contributed by atoms with E-state index in [4.69, 9.17) is 0 Å². The van der Waals surface area contributed by atoms with E-state index in [2.05, 4.69) is 24.6 Å². The SMILES string of the molecule is O=c1[nH]c(-c2ccnc(-c3ccc(F)cc3)n2)no1. The summed E-state index contributed by atoms with van der Waals surface area (Å²) in [4.78, 5) is 21.6. The number of aromatic nitrogens is 4. The van der Waals surface area contributed by atoms with Gasteiger partial charge in [0.25, 0.3) is 0 Å². The summed E-state index contributed by atoms with van der Waals surface area (Å²) < 4.78 is 17.3. The van der Waals surface area contributed by atoms with Crippen molar-refractivity contribution >= 4 is 0 Å². The zero-order valence-electron chi connectivity index (χ0n) is 9.50. The first-order chi connectivity index (χ1) is 9.22. The van der Waals surface area contributed by atoms with Crippen molar-refractivity contribution in [2.45, 2.75) is 0 Å². The Morgan fingerprint density at radius 3 is 2.63 bits per heavy atom. The molecule has 94 valence electrons. The number of nitrogens with one attached hydrogen (secondary N) is 1. The van der Waals surface area contributed by atoms with Crippen LogP contribution in [0.15, 0.2) is 45.8 Å². The molecule has 0 amide bonds. The lowest BCUT2D eigenvalue weighted by Gasteiger charge is -2.01. The van der Waals surface area contributed by atoms with Gasteiger partial charge in [-0.2, -0.15) is 0 Å². The van der Waals surface area contributed by atoms with Gasteiger partial charge in [-0.1, -0.05) is 5.16 Å². The topological polar surface area (TPSA) is 84.7 Å². The van der Waals surface area contributed by atoms with Crippen LogP contribution in [0.4, 0.5) is 4.39 Å². The molecule has 3 rings (SSSR count). The first kappa shape index (κ1) is 11.3. The van der Waals surface area contributed by atoms with Crippen LogP contribution < -0.4 is 5.76 Å². The molecule has 6 nitrogen and oxygen atoms in total. The molecule has 2 heterocycles. The Bertz CT molecular complexity index is 764. The number of hydrogen-bond donors (Lipinski definition) is 1. The maximum atomic E-state index is 12.8. The lowest BCUT2D eigenvalue weighted by atomic mass is 10.2. The van der Waals surface area contributed by atoms with E-state index in [9.17, 15) is 9.18 Å². The van der Waals surface area contributed by atoms with Crippen molar-refractivity contribution in [2.24, 2.45) is 0 Å². The van der Waals surface area contributed by atoms with Gasteiger partial charge in [0, 0.05) is 11.8 Å². The summed E-state index contributed by atoms with van der Waals surface area (Å²) in [5, 5.41) is 3.54. The molecular weight excluding hydrogens is 251 g/mol. The molecule has 7 heteroatoms. The van der Waals surface area contributed by atoms with Crippen molar-refractivity contribution in [3.63, 3.8) is 0 Å². The molecule has 0 aliphatic rings. The highest BCUT2D eigenvalue weighted by atomic mass is 19.1. The Morgan fingerprint density at radius 2 is 1.95 bits per heavy atom. The average molecular weight is 258 g/mol. The third-order valence-corrected chi connectivity index (χ3v) is 2.44. The third kappa shape index (κ3) is 2.25. The summed E-state index contributed by atoms with van der Waals surface area (Å²) >= 11 is 0. The van der Waals surface area contributed by atoms with Gasteiger partial charge < -0.3 is 0 Å². The molecule has 0 aliphatic heterocycles. The smallest absolute Gasteiger partial charge is 0.296 e. The third-order valence-electron chi connectivity index (χ3n) is 2.44. The number of H-pyrrole nitrogens is 1. The fraction of sp³-hybridized carbons (Fsp3) is 0. The Kier molecular flexibility index (Phi) is 2.64. The second-order valence-electron chi connectivity index (χ2n) is 3.72. The van der Waals surface area contributed by atoms with Crippen LogP contribution in [-0.4, -0.2) is 20.1 Å². The van der Waals surface area contributed by atoms with E-state index < -0.39 is 5.76 Å². The normalized spacial score (nSPS) is 10.6. The first-order valence-electron chi connectivity index (χ1n) is 5.38. The lowest BCUT2D eigenvalue weighted by molar-refractivity contribution is 0.387. The molecule has 0 atom stereocenters. The predicted octanol–water partition coefficient (Wildman–Crippen LogP) is 1.63. The average Bonchev–Trinajstić information content (AvgIpc) is 2.86. The molecular formula is C12H7FN4O2. The molecule has 0 unspecified atom stereocenters. The summed E-state index contributed by atoms with van der Waals surface area (Å²) in [6, 6.07) is 7.37. The molecule has 3 aromatic rings. The predicted molar refractivity (Wildman–Crippen MR) is 63.5 cm³/mol. The highest BCUT2D eigenvalue weighted by molar-refractivity contribution is 5.58. The number of aromatic amines is 1. The number of rotatable bonds is 2. The van der Waals surface area contributed by atoms with Crippen molar-refractivity contribution in [1.82, 2.24) is 20.1 Å². The van der Waals surface area contributed by atoms with Gasteiger partial charge in [-0.15, -0.1) is 0 Å². The van der Waals surface area contributed by atoms with Crippen LogP contribution in [0.1, 0.15) is 0 Å². The molecule has 1 aromatic carbocycles. The molecule has 0 saturated carbocycles. The van der Waals surface area contributed by atoms with Crippen molar-refractivity contribution in [1.29, 1.82) is 0 Å². The first-order valence-corrected chi connectivity index (χ1v) is 5.38. The van der Waals surface area contributed by atoms with Gasteiger partial charge in [0.05, 0.1) is 0 Å². The van der Waals surface area contributed by atoms with Crippen molar-refractivity contribution < 1.29 is 8.91 Å². The Hall–Kier alpha value is -2.83. The Balaban J connectivity index is 2.04. The molecule has 0 radical (unpaired) electrons. The highest BCUT2D eigenvalue weighted by Gasteiger charge is 2.08. The second kappa shape index (κ2) is 4.45. The summed E-state index contributed by atoms with van der Waals surface area (Å²) in [5.74, 6) is -0.366. The summed E-state index contributed by atoms with van der Waals surface area (Å²) in [6.07, 6.45) is 1.52. The quantitative estimate of drug-likeness (QED) is 0.755. The minimum absolute atomic E-state index is 0.218. The minimum atomic E-state index is -0.656. The molecule has 1 N–H and O–H groups in total. The maximum Gasteiger partial charge on any atom is 0.439 e. The van der Waals surface area contributed by atoms with E-state index >= 15 is 0 Å². The zero-order valence-corrected chi connectivity index (χ0v) is 9.50. The van der Waals surface area contributed by atoms with Gasteiger partial charge in [0.2, 0.25) is 5.82 Å². The molecule has 0 fully saturated rings. The van der Waals surface area contributed by atoms with Crippen LogP contribution in [-0.2, 0) is 0 Å². The van der Waals surface area contributed by atoms with Crippen LogP contribution in [0.2, 0.25) is 0 Å². The van der Waals surface area contributed by atoms with E-state index in [1.165, 1.54) is 18.3 Å². The van der Waals surface area contributed by atoms with E-state index in [-0.39, 0.29) is 11.6 Å². The molecule has 0 saturated heterocycles. The molecule has 0 bridgehead atoms. The fourth-order valence-corrected chi connectivity index (χ4v) is 1.57. The molecule has 19 heavy (non-hydrogen) atoms. The van der Waals surface area contributed by atoms with Gasteiger partial charge in [0.1, 0.15) is 11.5 Å². The number of benzene rings is 1. The van der Waals surface area contributed by atoms with Crippen LogP contribution in [0.5, 0.6) is 0 Å². The Labute approximate surface area is 105 Å². The summed E-state index contributed by atoms with van der Waals surface area (Å²) in [6.45, 7) is 0. The van der Waals surface area contributed by atoms with Gasteiger partial charge in [-0.05, 0) is 30.3 Å². The van der Waals surface area contributed by atoms with Crippen molar-refractivity contribution in [2.75, 3.05) is 0 Å². The monoisotopic (exact) mass is 258 g/mol. The standard InChI is InChI=1S/C12H7FN4O2/c13-8-3-1-7(2-4-8)10-14-6-5-9(15-10)11-16-12(18)19-17-11/h1-6H,(H,16,17,18).